The summed E-state index contributed by atoms with van der Waals surface area (Å²) in [6.45, 7) is 17.8. The van der Waals surface area contributed by atoms with Crippen molar-refractivity contribution in [3.63, 3.8) is 0 Å². The molecule has 0 fully saturated rings. The summed E-state index contributed by atoms with van der Waals surface area (Å²) < 4.78 is 0. The van der Waals surface area contributed by atoms with Crippen LogP contribution in [0.3, 0.4) is 0 Å². The van der Waals surface area contributed by atoms with Crippen LogP contribution in [0, 0.1) is 41.5 Å². The topological polar surface area (TPSA) is 13.0 Å². The zero-order chi connectivity index (χ0) is 59.0. The molecule has 0 bridgehead atoms. The van der Waals surface area contributed by atoms with Crippen molar-refractivity contribution in [1.82, 2.24) is 0 Å². The maximum atomic E-state index is 2.59. The van der Waals surface area contributed by atoms with Crippen LogP contribution >= 0.6 is 0 Å². The van der Waals surface area contributed by atoms with Crippen molar-refractivity contribution < 1.29 is 0 Å². The van der Waals surface area contributed by atoms with Gasteiger partial charge in [0, 0.05) is 62.6 Å². The SMILES string of the molecule is CC1=C(C)CC(N(c2ccc(C)c(C)c2)c2ccc3c(-c4ccc(N(c5ccccc5)c5ccccc5)cc4)c4cc(N(c5ccc(C)c(C)c5)c5ccc(C)c(C)c5)ccc4c(-c4ccc(N(C5=CCCC=C5)c5ccccc5)cc4)c3c2)C=C1. The minimum Gasteiger partial charge on any atom is -0.334 e. The Bertz CT molecular complexity index is 4360. The number of allylic oxidation sites excluding steroid dienone is 5. The molecule has 2 aliphatic rings. The summed E-state index contributed by atoms with van der Waals surface area (Å²) in [5, 5.41) is 4.74. The third-order valence-corrected chi connectivity index (χ3v) is 18.1. The van der Waals surface area contributed by atoms with Crippen LogP contribution in [-0.2, 0) is 0 Å². The first-order valence-corrected chi connectivity index (χ1v) is 30.5. The Morgan fingerprint density at radius 1 is 0.314 bits per heavy atom. The standard InChI is InChI=1S/C82H74N4/c1-55-29-37-71(49-59(55)5)85(72-38-30-56(2)60(6)50-72)75-45-47-77-79(53-75)81(63-33-41-69(42-34-63)83(65-21-13-9-14-22-65)66-23-15-10-16-24-66)78-48-46-76(86(73-39-31-57(3)61(7)51-73)74-40-32-58(4)62(8)52-74)54-80(78)82(77)64-35-43-70(44-36-64)84(67-25-17-11-18-26-67)68-27-19-12-20-28-68/h9-11,13-19,21-51,53-54,74H,12,20,52H2,1-8H3. The van der Waals surface area contributed by atoms with E-state index < -0.39 is 0 Å². The molecule has 0 aromatic heterocycles. The third kappa shape index (κ3) is 10.7. The van der Waals surface area contributed by atoms with E-state index in [-0.39, 0.29) is 6.04 Å². The molecule has 0 radical (unpaired) electrons. The molecular weight excluding hydrogens is 1040 g/mol. The second kappa shape index (κ2) is 23.6. The number of hydrogen-bond donors (Lipinski definition) is 0. The highest BCUT2D eigenvalue weighted by Gasteiger charge is 2.27. The first-order valence-electron chi connectivity index (χ1n) is 30.5. The van der Waals surface area contributed by atoms with E-state index in [0.29, 0.717) is 0 Å². The van der Waals surface area contributed by atoms with Crippen molar-refractivity contribution >= 4 is 78.4 Å². The van der Waals surface area contributed by atoms with E-state index in [1.165, 1.54) is 88.6 Å². The van der Waals surface area contributed by atoms with Crippen molar-refractivity contribution in [2.24, 2.45) is 0 Å². The van der Waals surface area contributed by atoms with Crippen LogP contribution < -0.4 is 19.6 Å². The lowest BCUT2D eigenvalue weighted by atomic mass is 9.85. The van der Waals surface area contributed by atoms with Crippen LogP contribution in [0.4, 0.5) is 56.9 Å². The summed E-state index contributed by atoms with van der Waals surface area (Å²) >= 11 is 0. The molecule has 0 N–H and O–H groups in total. The number of anilines is 10. The zero-order valence-corrected chi connectivity index (χ0v) is 50.8. The van der Waals surface area contributed by atoms with Gasteiger partial charge >= 0.3 is 0 Å². The van der Waals surface area contributed by atoms with Crippen molar-refractivity contribution in [3.8, 4) is 22.3 Å². The summed E-state index contributed by atoms with van der Waals surface area (Å²) in [6, 6.07) is 86.3. The average molecular weight is 1120 g/mol. The van der Waals surface area contributed by atoms with Crippen molar-refractivity contribution in [1.29, 1.82) is 0 Å². The molecule has 86 heavy (non-hydrogen) atoms. The molecule has 0 saturated heterocycles. The molecule has 0 spiro atoms. The predicted octanol–water partition coefficient (Wildman–Crippen LogP) is 23.3. The number of rotatable bonds is 14. The van der Waals surface area contributed by atoms with E-state index in [1.54, 1.807) is 0 Å². The van der Waals surface area contributed by atoms with Crippen molar-refractivity contribution in [2.45, 2.75) is 80.7 Å². The second-order valence-electron chi connectivity index (χ2n) is 23.7. The minimum absolute atomic E-state index is 0.113. The molecular formula is C82H74N4. The highest BCUT2D eigenvalue weighted by atomic mass is 15.2. The fraction of sp³-hybridized carbons (Fsp3) is 0.146. The second-order valence-corrected chi connectivity index (χ2v) is 23.7. The van der Waals surface area contributed by atoms with Gasteiger partial charge in [-0.3, -0.25) is 0 Å². The van der Waals surface area contributed by atoms with Gasteiger partial charge in [-0.1, -0.05) is 145 Å². The van der Waals surface area contributed by atoms with Crippen molar-refractivity contribution in [3.05, 3.63) is 311 Å². The van der Waals surface area contributed by atoms with Gasteiger partial charge in [0.2, 0.25) is 0 Å². The van der Waals surface area contributed by atoms with E-state index in [4.69, 9.17) is 0 Å². The molecule has 1 unspecified atom stereocenters. The number of nitrogens with zero attached hydrogens (tertiary/aromatic N) is 4. The molecule has 11 aromatic rings. The third-order valence-electron chi connectivity index (χ3n) is 18.1. The number of fused-ring (bicyclic) bond motifs is 2. The Morgan fingerprint density at radius 2 is 0.698 bits per heavy atom. The Balaban J connectivity index is 1.10. The quantitative estimate of drug-likeness (QED) is 0.101. The fourth-order valence-electron chi connectivity index (χ4n) is 12.8. The summed E-state index contributed by atoms with van der Waals surface area (Å²) in [4.78, 5) is 9.79. The number of aryl methyl sites for hydroxylation is 6. The van der Waals surface area contributed by atoms with Crippen LogP contribution in [0.1, 0.15) is 66.5 Å². The molecule has 0 amide bonds. The zero-order valence-electron chi connectivity index (χ0n) is 50.8. The van der Waals surface area contributed by atoms with Gasteiger partial charge in [-0.05, 0) is 279 Å². The van der Waals surface area contributed by atoms with Gasteiger partial charge in [-0.25, -0.2) is 0 Å². The predicted molar refractivity (Wildman–Crippen MR) is 370 cm³/mol. The normalized spacial score (nSPS) is 14.0. The maximum absolute atomic E-state index is 2.59. The summed E-state index contributed by atoms with van der Waals surface area (Å²) in [6.07, 6.45) is 14.7. The molecule has 11 aromatic carbocycles. The van der Waals surface area contributed by atoms with Crippen molar-refractivity contribution in [2.75, 3.05) is 19.6 Å². The highest BCUT2D eigenvalue weighted by molar-refractivity contribution is 6.22. The minimum atomic E-state index is 0.113. The van der Waals surface area contributed by atoms with E-state index >= 15 is 0 Å². The molecule has 2 aliphatic carbocycles. The summed E-state index contributed by atoms with van der Waals surface area (Å²) in [5.41, 5.74) is 27.5. The Kier molecular flexibility index (Phi) is 15.2. The average Bonchev–Trinajstić information content (AvgIpc) is 0.852. The van der Waals surface area contributed by atoms with E-state index in [0.717, 1.165) is 81.6 Å². The fourth-order valence-corrected chi connectivity index (χ4v) is 12.8. The highest BCUT2D eigenvalue weighted by Crippen LogP contribution is 2.50. The number of hydrogen-bond acceptors (Lipinski definition) is 4. The first kappa shape index (κ1) is 55.3. The Morgan fingerprint density at radius 3 is 1.17 bits per heavy atom. The lowest BCUT2D eigenvalue weighted by Crippen LogP contribution is -2.31. The molecule has 4 nitrogen and oxygen atoms in total. The Labute approximate surface area is 509 Å². The van der Waals surface area contributed by atoms with Crippen LogP contribution in [0.15, 0.2) is 278 Å². The van der Waals surface area contributed by atoms with Gasteiger partial charge in [-0.15, -0.1) is 0 Å². The summed E-state index contributed by atoms with van der Waals surface area (Å²) in [7, 11) is 0. The summed E-state index contributed by atoms with van der Waals surface area (Å²) in [5.74, 6) is 0. The molecule has 0 heterocycles. The van der Waals surface area contributed by atoms with Gasteiger partial charge in [0.15, 0.2) is 0 Å². The van der Waals surface area contributed by atoms with Crippen LogP contribution in [-0.4, -0.2) is 6.04 Å². The lowest BCUT2D eigenvalue weighted by molar-refractivity contribution is 0.749. The van der Waals surface area contributed by atoms with E-state index in [1.807, 2.05) is 0 Å². The number of para-hydroxylation sites is 3. The largest absolute Gasteiger partial charge is 0.334 e. The van der Waals surface area contributed by atoms with Gasteiger partial charge in [0.05, 0.1) is 6.04 Å². The van der Waals surface area contributed by atoms with Crippen LogP contribution in [0.25, 0.3) is 43.8 Å². The van der Waals surface area contributed by atoms with Gasteiger partial charge in [-0.2, -0.15) is 0 Å². The van der Waals surface area contributed by atoms with Crippen LogP contribution in [0.5, 0.6) is 0 Å². The first-order chi connectivity index (χ1) is 41.9. The molecule has 0 saturated carbocycles. The molecule has 13 rings (SSSR count). The lowest BCUT2D eigenvalue weighted by Gasteiger charge is -2.35. The molecule has 0 aliphatic heterocycles. The van der Waals surface area contributed by atoms with Gasteiger partial charge in [0.25, 0.3) is 0 Å². The van der Waals surface area contributed by atoms with E-state index in [2.05, 4.69) is 336 Å². The Hall–Kier alpha value is -9.90. The monoisotopic (exact) mass is 1110 g/mol. The van der Waals surface area contributed by atoms with E-state index in [9.17, 15) is 0 Å². The molecule has 1 atom stereocenters. The molecule has 4 heteroatoms. The van der Waals surface area contributed by atoms with Gasteiger partial charge < -0.3 is 19.6 Å². The van der Waals surface area contributed by atoms with Gasteiger partial charge in [0.1, 0.15) is 0 Å². The smallest absolute Gasteiger partial charge is 0.0562 e. The maximum Gasteiger partial charge on any atom is 0.0562 e. The van der Waals surface area contributed by atoms with Crippen LogP contribution in [0.2, 0.25) is 0 Å². The number of benzene rings is 11. The molecule has 422 valence electrons.